The van der Waals surface area contributed by atoms with Crippen LogP contribution in [0.15, 0.2) is 39.7 Å². The normalized spacial score (nSPS) is 16.5. The molecule has 1 unspecified atom stereocenters. The average molecular weight is 494 g/mol. The first-order valence-electron chi connectivity index (χ1n) is 9.42. The topological polar surface area (TPSA) is 71.5 Å². The second-order valence-electron chi connectivity index (χ2n) is 7.21. The number of hydrogen-bond donors (Lipinski definition) is 1. The van der Waals surface area contributed by atoms with Crippen molar-refractivity contribution in [3.8, 4) is 0 Å². The predicted molar refractivity (Wildman–Crippen MR) is 121 cm³/mol. The van der Waals surface area contributed by atoms with E-state index < -0.39 is 0 Å². The Bertz CT molecular complexity index is 930. The van der Waals surface area contributed by atoms with Crippen molar-refractivity contribution in [2.75, 3.05) is 20.6 Å². The van der Waals surface area contributed by atoms with Gasteiger partial charge in [0.15, 0.2) is 5.96 Å². The summed E-state index contributed by atoms with van der Waals surface area (Å²) < 4.78 is 8.16. The third-order valence-electron chi connectivity index (χ3n) is 5.22. The van der Waals surface area contributed by atoms with Crippen LogP contribution in [0.4, 0.5) is 0 Å². The number of para-hydroxylation sites is 1. The molecule has 0 saturated heterocycles. The number of aryl methyl sites for hydroxylation is 2. The molecule has 0 fully saturated rings. The lowest BCUT2D eigenvalue weighted by atomic mass is 9.99. The van der Waals surface area contributed by atoms with Gasteiger partial charge in [0, 0.05) is 39.0 Å². The first kappa shape index (κ1) is 20.6. The Hall–Kier alpha value is -2.10. The molecule has 0 bridgehead atoms. The van der Waals surface area contributed by atoms with Gasteiger partial charge in [-0.15, -0.1) is 34.2 Å². The lowest BCUT2D eigenvalue weighted by Gasteiger charge is -2.27. The Kier molecular flexibility index (Phi) is 6.58. The van der Waals surface area contributed by atoms with E-state index in [1.807, 2.05) is 39.2 Å². The van der Waals surface area contributed by atoms with E-state index >= 15 is 0 Å². The molecule has 0 spiro atoms. The highest BCUT2D eigenvalue weighted by molar-refractivity contribution is 14.0. The number of rotatable bonds is 4. The molecule has 3 heterocycles. The van der Waals surface area contributed by atoms with Gasteiger partial charge in [-0.05, 0) is 31.4 Å². The van der Waals surface area contributed by atoms with E-state index in [1.54, 1.807) is 0 Å². The highest BCUT2D eigenvalue weighted by Crippen LogP contribution is 2.21. The smallest absolute Gasteiger partial charge is 0.193 e. The third-order valence-corrected chi connectivity index (χ3v) is 5.22. The minimum Gasteiger partial charge on any atom is -0.459 e. The summed E-state index contributed by atoms with van der Waals surface area (Å²) in [6, 6.07) is 10.2. The van der Waals surface area contributed by atoms with E-state index in [2.05, 4.69) is 42.1 Å². The van der Waals surface area contributed by atoms with Gasteiger partial charge in [-0.2, -0.15) is 0 Å². The molecule has 3 aromatic rings. The zero-order valence-electron chi connectivity index (χ0n) is 16.6. The van der Waals surface area contributed by atoms with Crippen LogP contribution in [0.5, 0.6) is 0 Å². The van der Waals surface area contributed by atoms with Crippen LogP contribution in [0.25, 0.3) is 11.0 Å². The molecule has 1 aromatic carbocycles. The number of aromatic nitrogens is 3. The number of nitrogens with one attached hydrogen (secondary N) is 1. The number of hydrogen-bond acceptors (Lipinski definition) is 4. The number of furan rings is 1. The molecule has 4 rings (SSSR count). The maximum absolute atomic E-state index is 5.93. The highest BCUT2D eigenvalue weighted by atomic mass is 127. The summed E-state index contributed by atoms with van der Waals surface area (Å²) in [4.78, 5) is 6.53. The summed E-state index contributed by atoms with van der Waals surface area (Å²) in [5.41, 5.74) is 0.922. The molecule has 0 aliphatic carbocycles. The Balaban J connectivity index is 0.00000225. The van der Waals surface area contributed by atoms with Gasteiger partial charge < -0.3 is 19.2 Å². The van der Waals surface area contributed by atoms with Gasteiger partial charge in [0.05, 0.1) is 6.54 Å². The molecule has 1 aliphatic heterocycles. The molecule has 1 N–H and O–H groups in total. The van der Waals surface area contributed by atoms with Crippen LogP contribution in [-0.2, 0) is 19.5 Å². The number of fused-ring (bicyclic) bond motifs is 2. The Labute approximate surface area is 182 Å². The first-order valence-corrected chi connectivity index (χ1v) is 9.42. The van der Waals surface area contributed by atoms with E-state index in [4.69, 9.17) is 4.42 Å². The van der Waals surface area contributed by atoms with Crippen molar-refractivity contribution < 1.29 is 4.42 Å². The lowest BCUT2D eigenvalue weighted by Crippen LogP contribution is -2.42. The molecular formula is C20H27IN6O. The van der Waals surface area contributed by atoms with Crippen molar-refractivity contribution >= 4 is 40.9 Å². The van der Waals surface area contributed by atoms with Gasteiger partial charge >= 0.3 is 0 Å². The molecule has 7 nitrogen and oxygen atoms in total. The molecule has 2 aromatic heterocycles. The minimum absolute atomic E-state index is 0. The van der Waals surface area contributed by atoms with Crippen molar-refractivity contribution in [3.05, 3.63) is 47.7 Å². The fourth-order valence-corrected chi connectivity index (χ4v) is 3.74. The average Bonchev–Trinajstić information content (AvgIpc) is 3.25. The van der Waals surface area contributed by atoms with Crippen molar-refractivity contribution in [3.63, 3.8) is 0 Å². The summed E-state index contributed by atoms with van der Waals surface area (Å²) in [5.74, 6) is 4.46. The van der Waals surface area contributed by atoms with Gasteiger partial charge in [0.25, 0.3) is 0 Å². The summed E-state index contributed by atoms with van der Waals surface area (Å²) in [5, 5.41) is 13.1. The molecule has 1 aliphatic rings. The SMILES string of the molecule is CN=C(NCC1CCc2nnc(C)n2C1)N(C)Cc1cc2ccccc2o1.I. The molecule has 0 saturated carbocycles. The van der Waals surface area contributed by atoms with E-state index in [0.29, 0.717) is 12.5 Å². The van der Waals surface area contributed by atoms with Crippen molar-refractivity contribution in [1.82, 2.24) is 25.0 Å². The summed E-state index contributed by atoms with van der Waals surface area (Å²) >= 11 is 0. The summed E-state index contributed by atoms with van der Waals surface area (Å²) in [6.45, 7) is 4.54. The van der Waals surface area contributed by atoms with Crippen LogP contribution in [0.2, 0.25) is 0 Å². The van der Waals surface area contributed by atoms with Crippen LogP contribution in [-0.4, -0.2) is 46.3 Å². The molecule has 8 heteroatoms. The van der Waals surface area contributed by atoms with Gasteiger partial charge in [-0.25, -0.2) is 0 Å². The monoisotopic (exact) mass is 494 g/mol. The Morgan fingerprint density at radius 1 is 1.36 bits per heavy atom. The molecule has 0 amide bonds. The number of nitrogens with zero attached hydrogens (tertiary/aromatic N) is 5. The summed E-state index contributed by atoms with van der Waals surface area (Å²) in [6.07, 6.45) is 2.11. The van der Waals surface area contributed by atoms with Gasteiger partial charge in [0.2, 0.25) is 0 Å². The van der Waals surface area contributed by atoms with Crippen LogP contribution >= 0.6 is 24.0 Å². The van der Waals surface area contributed by atoms with Crippen molar-refractivity contribution in [2.45, 2.75) is 32.9 Å². The Morgan fingerprint density at radius 2 is 2.18 bits per heavy atom. The quantitative estimate of drug-likeness (QED) is 0.343. The van der Waals surface area contributed by atoms with Gasteiger partial charge in [-0.3, -0.25) is 4.99 Å². The van der Waals surface area contributed by atoms with Crippen molar-refractivity contribution in [1.29, 1.82) is 0 Å². The second kappa shape index (κ2) is 8.93. The third kappa shape index (κ3) is 4.31. The molecule has 28 heavy (non-hydrogen) atoms. The van der Waals surface area contributed by atoms with Gasteiger partial charge in [0.1, 0.15) is 23.0 Å². The molecule has 0 radical (unpaired) electrons. The van der Waals surface area contributed by atoms with E-state index in [1.165, 1.54) is 0 Å². The molecule has 150 valence electrons. The predicted octanol–water partition coefficient (Wildman–Crippen LogP) is 3.22. The fourth-order valence-electron chi connectivity index (χ4n) is 3.74. The largest absolute Gasteiger partial charge is 0.459 e. The van der Waals surface area contributed by atoms with E-state index in [0.717, 1.165) is 60.3 Å². The van der Waals surface area contributed by atoms with E-state index in [9.17, 15) is 0 Å². The second-order valence-corrected chi connectivity index (χ2v) is 7.21. The number of guanidine groups is 1. The first-order chi connectivity index (χ1) is 13.1. The van der Waals surface area contributed by atoms with E-state index in [-0.39, 0.29) is 24.0 Å². The minimum atomic E-state index is 0. The zero-order valence-corrected chi connectivity index (χ0v) is 18.9. The lowest BCUT2D eigenvalue weighted by molar-refractivity contribution is 0.349. The number of aliphatic imine (C=N–C) groups is 1. The van der Waals surface area contributed by atoms with Crippen LogP contribution in [0.3, 0.4) is 0 Å². The molecular weight excluding hydrogens is 467 g/mol. The maximum Gasteiger partial charge on any atom is 0.193 e. The standard InChI is InChI=1S/C20H26N6O.HI/c1-14-23-24-19-9-8-15(12-26(14)19)11-22-20(21-2)25(3)13-17-10-16-6-4-5-7-18(16)27-17;/h4-7,10,15H,8-9,11-13H2,1-3H3,(H,21,22);1H. The zero-order chi connectivity index (χ0) is 18.8. The number of halogens is 1. The van der Waals surface area contributed by atoms with Crippen LogP contribution in [0.1, 0.15) is 23.8 Å². The summed E-state index contributed by atoms with van der Waals surface area (Å²) in [7, 11) is 3.85. The number of benzene rings is 1. The molecule has 1 atom stereocenters. The van der Waals surface area contributed by atoms with Crippen molar-refractivity contribution in [2.24, 2.45) is 10.9 Å². The van der Waals surface area contributed by atoms with Gasteiger partial charge in [-0.1, -0.05) is 18.2 Å². The highest BCUT2D eigenvalue weighted by Gasteiger charge is 2.22. The van der Waals surface area contributed by atoms with Crippen LogP contribution < -0.4 is 5.32 Å². The Morgan fingerprint density at radius 3 is 2.96 bits per heavy atom. The fraction of sp³-hybridized carbons (Fsp3) is 0.450. The van der Waals surface area contributed by atoms with Crippen LogP contribution in [0, 0.1) is 12.8 Å². The maximum atomic E-state index is 5.93.